The summed E-state index contributed by atoms with van der Waals surface area (Å²) in [6.45, 7) is 0.655. The van der Waals surface area contributed by atoms with Gasteiger partial charge in [-0.05, 0) is 42.9 Å². The van der Waals surface area contributed by atoms with Crippen molar-refractivity contribution in [3.8, 4) is 0 Å². The maximum atomic E-state index is 13.2. The summed E-state index contributed by atoms with van der Waals surface area (Å²) in [5.41, 5.74) is 6.12. The Labute approximate surface area is 118 Å². The Bertz CT molecular complexity index is 479. The second-order valence-electron chi connectivity index (χ2n) is 5.43. The van der Waals surface area contributed by atoms with Crippen molar-refractivity contribution in [2.24, 2.45) is 11.8 Å². The van der Waals surface area contributed by atoms with Gasteiger partial charge in [0.25, 0.3) is 5.91 Å². The molecule has 20 heavy (non-hydrogen) atoms. The normalized spacial score (nSPS) is 22.5. The van der Waals surface area contributed by atoms with Gasteiger partial charge in [-0.3, -0.25) is 4.79 Å². The van der Waals surface area contributed by atoms with Gasteiger partial charge < -0.3 is 16.2 Å². The Morgan fingerprint density at radius 2 is 2.05 bits per heavy atom. The third-order valence-electron chi connectivity index (χ3n) is 4.09. The average molecular weight is 280 g/mol. The maximum Gasteiger partial charge on any atom is 0.253 e. The lowest BCUT2D eigenvalue weighted by molar-refractivity contribution is 0.0909. The zero-order chi connectivity index (χ0) is 14.5. The third-order valence-corrected chi connectivity index (χ3v) is 4.09. The van der Waals surface area contributed by atoms with E-state index in [1.165, 1.54) is 12.1 Å². The van der Waals surface area contributed by atoms with Gasteiger partial charge in [-0.2, -0.15) is 0 Å². The number of carbonyl (C=O) groups excluding carboxylic acids is 1. The molecule has 0 saturated heterocycles. The molecule has 1 amide bonds. The van der Waals surface area contributed by atoms with Crippen molar-refractivity contribution in [3.63, 3.8) is 0 Å². The van der Waals surface area contributed by atoms with Crippen LogP contribution in [0.15, 0.2) is 18.2 Å². The Kier molecular flexibility index (Phi) is 4.95. The zero-order valence-electron chi connectivity index (χ0n) is 11.4. The zero-order valence-corrected chi connectivity index (χ0v) is 11.4. The van der Waals surface area contributed by atoms with Crippen molar-refractivity contribution in [3.05, 3.63) is 29.6 Å². The first-order chi connectivity index (χ1) is 9.61. The lowest BCUT2D eigenvalue weighted by Crippen LogP contribution is -2.35. The number of amides is 1. The number of nitrogens with two attached hydrogens (primary N) is 1. The highest BCUT2D eigenvalue weighted by molar-refractivity contribution is 5.99. The van der Waals surface area contributed by atoms with E-state index < -0.39 is 5.82 Å². The van der Waals surface area contributed by atoms with Crippen molar-refractivity contribution in [1.29, 1.82) is 0 Å². The Morgan fingerprint density at radius 3 is 2.75 bits per heavy atom. The summed E-state index contributed by atoms with van der Waals surface area (Å²) in [6.07, 6.45) is 4.26. The smallest absolute Gasteiger partial charge is 0.253 e. The fraction of sp³-hybridized carbons (Fsp3) is 0.533. The van der Waals surface area contributed by atoms with Gasteiger partial charge >= 0.3 is 0 Å². The molecular weight excluding hydrogens is 259 g/mol. The van der Waals surface area contributed by atoms with E-state index in [9.17, 15) is 14.3 Å². The average Bonchev–Trinajstić information content (AvgIpc) is 2.47. The molecule has 4 nitrogen and oxygen atoms in total. The molecule has 110 valence electrons. The van der Waals surface area contributed by atoms with Gasteiger partial charge in [0.2, 0.25) is 0 Å². The minimum atomic E-state index is -0.477. The Morgan fingerprint density at radius 1 is 1.35 bits per heavy atom. The van der Waals surface area contributed by atoms with Crippen LogP contribution >= 0.6 is 0 Å². The molecule has 2 unspecified atom stereocenters. The molecule has 5 heteroatoms. The van der Waals surface area contributed by atoms with E-state index in [1.54, 1.807) is 0 Å². The van der Waals surface area contributed by atoms with Crippen LogP contribution < -0.4 is 11.1 Å². The van der Waals surface area contributed by atoms with Crippen LogP contribution in [0.25, 0.3) is 0 Å². The van der Waals surface area contributed by atoms with Crippen LogP contribution in [0.5, 0.6) is 0 Å². The molecule has 0 spiro atoms. The molecule has 2 atom stereocenters. The Balaban J connectivity index is 1.96. The van der Waals surface area contributed by atoms with Crippen molar-refractivity contribution in [2.45, 2.75) is 25.7 Å². The number of halogens is 1. The van der Waals surface area contributed by atoms with E-state index >= 15 is 0 Å². The summed E-state index contributed by atoms with van der Waals surface area (Å²) in [5, 5.41) is 12.1. The highest BCUT2D eigenvalue weighted by atomic mass is 19.1. The lowest BCUT2D eigenvalue weighted by atomic mass is 9.79. The molecule has 1 aromatic carbocycles. The molecule has 1 saturated carbocycles. The van der Waals surface area contributed by atoms with Gasteiger partial charge in [0.05, 0.1) is 5.56 Å². The lowest BCUT2D eigenvalue weighted by Gasteiger charge is -2.30. The van der Waals surface area contributed by atoms with Crippen LogP contribution in [-0.4, -0.2) is 24.2 Å². The monoisotopic (exact) mass is 280 g/mol. The highest BCUT2D eigenvalue weighted by Crippen LogP contribution is 2.29. The number of rotatable bonds is 4. The molecule has 0 heterocycles. The van der Waals surface area contributed by atoms with Crippen LogP contribution in [0.2, 0.25) is 0 Å². The van der Waals surface area contributed by atoms with Crippen LogP contribution in [0.4, 0.5) is 10.1 Å². The minimum absolute atomic E-state index is 0.155. The largest absolute Gasteiger partial charge is 0.398 e. The predicted octanol–water partition coefficient (Wildman–Crippen LogP) is 1.94. The molecule has 0 radical (unpaired) electrons. The fourth-order valence-corrected chi connectivity index (χ4v) is 2.84. The summed E-state index contributed by atoms with van der Waals surface area (Å²) in [4.78, 5) is 12.0. The van der Waals surface area contributed by atoms with Crippen LogP contribution in [0.3, 0.4) is 0 Å². The number of aliphatic hydroxyl groups is 1. The van der Waals surface area contributed by atoms with Crippen molar-refractivity contribution >= 4 is 11.6 Å². The number of carbonyl (C=O) groups is 1. The van der Waals surface area contributed by atoms with Gasteiger partial charge in [0, 0.05) is 18.8 Å². The molecule has 0 bridgehead atoms. The van der Waals surface area contributed by atoms with Gasteiger partial charge in [-0.15, -0.1) is 0 Å². The quantitative estimate of drug-likeness (QED) is 0.738. The molecular formula is C15H21FN2O2. The number of benzene rings is 1. The minimum Gasteiger partial charge on any atom is -0.398 e. The van der Waals surface area contributed by atoms with Crippen LogP contribution in [0.1, 0.15) is 36.0 Å². The van der Waals surface area contributed by atoms with Crippen molar-refractivity contribution in [2.75, 3.05) is 18.9 Å². The molecule has 1 aliphatic rings. The molecule has 0 aliphatic heterocycles. The summed E-state index contributed by atoms with van der Waals surface area (Å²) < 4.78 is 13.2. The first-order valence-corrected chi connectivity index (χ1v) is 7.06. The fourth-order valence-electron chi connectivity index (χ4n) is 2.84. The number of nitrogen functional groups attached to an aromatic ring is 1. The number of anilines is 1. The maximum absolute atomic E-state index is 13.2. The number of aliphatic hydroxyl groups excluding tert-OH is 1. The number of hydrogen-bond donors (Lipinski definition) is 3. The van der Waals surface area contributed by atoms with E-state index in [0.29, 0.717) is 6.54 Å². The predicted molar refractivity (Wildman–Crippen MR) is 75.7 cm³/mol. The third kappa shape index (κ3) is 3.48. The molecule has 4 N–H and O–H groups in total. The van der Waals surface area contributed by atoms with E-state index in [1.807, 2.05) is 0 Å². The van der Waals surface area contributed by atoms with Gasteiger partial charge in [-0.1, -0.05) is 12.8 Å². The standard InChI is InChI=1S/C15H21FN2O2/c16-12-5-6-14(17)13(7-12)15(20)18-8-10-3-1-2-4-11(10)9-19/h5-7,10-11,19H,1-4,8-9,17H2,(H,18,20). The van der Waals surface area contributed by atoms with Crippen LogP contribution in [-0.2, 0) is 0 Å². The Hall–Kier alpha value is -1.62. The van der Waals surface area contributed by atoms with E-state index in [4.69, 9.17) is 5.73 Å². The van der Waals surface area contributed by atoms with Crippen LogP contribution in [0, 0.1) is 17.7 Å². The topological polar surface area (TPSA) is 75.4 Å². The van der Waals surface area contributed by atoms with E-state index in [0.717, 1.165) is 31.7 Å². The summed E-state index contributed by atoms with van der Waals surface area (Å²) in [5.74, 6) is -0.305. The van der Waals surface area contributed by atoms with Gasteiger partial charge in [0.15, 0.2) is 0 Å². The molecule has 2 rings (SSSR count). The summed E-state index contributed by atoms with van der Waals surface area (Å²) in [7, 11) is 0. The second-order valence-corrected chi connectivity index (χ2v) is 5.43. The summed E-state index contributed by atoms with van der Waals surface area (Å²) in [6, 6.07) is 3.77. The van der Waals surface area contributed by atoms with E-state index in [-0.39, 0.29) is 35.6 Å². The number of nitrogens with one attached hydrogen (secondary N) is 1. The molecule has 1 fully saturated rings. The first kappa shape index (κ1) is 14.8. The first-order valence-electron chi connectivity index (χ1n) is 7.06. The van der Waals surface area contributed by atoms with E-state index in [2.05, 4.69) is 5.32 Å². The van der Waals surface area contributed by atoms with Gasteiger partial charge in [0.1, 0.15) is 5.82 Å². The SMILES string of the molecule is Nc1ccc(F)cc1C(=O)NCC1CCCCC1CO. The highest BCUT2D eigenvalue weighted by Gasteiger charge is 2.25. The molecule has 1 aliphatic carbocycles. The van der Waals surface area contributed by atoms with Gasteiger partial charge in [-0.25, -0.2) is 4.39 Å². The summed E-state index contributed by atoms with van der Waals surface area (Å²) >= 11 is 0. The van der Waals surface area contributed by atoms with Crippen molar-refractivity contribution < 1.29 is 14.3 Å². The number of hydrogen-bond acceptors (Lipinski definition) is 3. The second kappa shape index (κ2) is 6.70. The molecule has 0 aromatic heterocycles. The molecule has 1 aromatic rings. The van der Waals surface area contributed by atoms with Crippen molar-refractivity contribution in [1.82, 2.24) is 5.32 Å².